The molecule has 0 heterocycles. The molecular formula is C13H19. The minimum absolute atomic E-state index is 0.636. The lowest BCUT2D eigenvalue weighted by Crippen LogP contribution is -1.94. The fourth-order valence-electron chi connectivity index (χ4n) is 1.47. The summed E-state index contributed by atoms with van der Waals surface area (Å²) in [5.41, 5.74) is 2.88. The van der Waals surface area contributed by atoms with Crippen molar-refractivity contribution in [1.29, 1.82) is 0 Å². The molecule has 0 bridgehead atoms. The summed E-state index contributed by atoms with van der Waals surface area (Å²) in [4.78, 5) is 0. The van der Waals surface area contributed by atoms with Crippen LogP contribution in [-0.2, 0) is 6.42 Å². The van der Waals surface area contributed by atoms with E-state index >= 15 is 0 Å². The first-order valence-corrected chi connectivity index (χ1v) is 4.97. The van der Waals surface area contributed by atoms with Gasteiger partial charge in [-0.3, -0.25) is 0 Å². The summed E-state index contributed by atoms with van der Waals surface area (Å²) >= 11 is 0. The minimum Gasteiger partial charge on any atom is -0.0617 e. The van der Waals surface area contributed by atoms with Crippen molar-refractivity contribution in [2.24, 2.45) is 0 Å². The van der Waals surface area contributed by atoms with Crippen LogP contribution < -0.4 is 0 Å². The lowest BCUT2D eigenvalue weighted by Gasteiger charge is -2.09. The molecule has 1 rings (SSSR count). The van der Waals surface area contributed by atoms with Crippen LogP contribution in [-0.4, -0.2) is 0 Å². The van der Waals surface area contributed by atoms with Gasteiger partial charge in [-0.2, -0.15) is 0 Å². The fourth-order valence-corrected chi connectivity index (χ4v) is 1.47. The minimum atomic E-state index is 0.636. The normalized spacial score (nSPS) is 11.2. The zero-order valence-electron chi connectivity index (χ0n) is 9.09. The molecule has 1 aromatic carbocycles. The van der Waals surface area contributed by atoms with Crippen LogP contribution in [0.15, 0.2) is 24.3 Å². The smallest absolute Gasteiger partial charge is 0.0219 e. The predicted molar refractivity (Wildman–Crippen MR) is 58.8 cm³/mol. The molecule has 0 aliphatic heterocycles. The second-order valence-electron chi connectivity index (χ2n) is 4.28. The SMILES string of the molecule is C[C](C)Cc1cccc(C(C)C)c1. The standard InChI is InChI=1S/C13H19/c1-10(2)8-12-6-5-7-13(9-12)11(3)4/h5-7,9,11H,8H2,1-4H3. The van der Waals surface area contributed by atoms with Crippen molar-refractivity contribution >= 4 is 0 Å². The largest absolute Gasteiger partial charge is 0.0617 e. The molecule has 0 aromatic heterocycles. The van der Waals surface area contributed by atoms with E-state index in [2.05, 4.69) is 52.0 Å². The molecule has 0 atom stereocenters. The molecule has 13 heavy (non-hydrogen) atoms. The van der Waals surface area contributed by atoms with E-state index in [-0.39, 0.29) is 0 Å². The third-order valence-corrected chi connectivity index (χ3v) is 2.18. The molecule has 71 valence electrons. The van der Waals surface area contributed by atoms with Crippen molar-refractivity contribution in [3.05, 3.63) is 41.3 Å². The zero-order chi connectivity index (χ0) is 9.84. The maximum atomic E-state index is 2.32. The summed E-state index contributed by atoms with van der Waals surface area (Å²) in [6, 6.07) is 8.89. The first kappa shape index (κ1) is 10.3. The van der Waals surface area contributed by atoms with Crippen molar-refractivity contribution in [2.75, 3.05) is 0 Å². The molecule has 0 saturated carbocycles. The van der Waals surface area contributed by atoms with Gasteiger partial charge in [0.15, 0.2) is 0 Å². The van der Waals surface area contributed by atoms with E-state index in [0.29, 0.717) is 5.92 Å². The Kier molecular flexibility index (Phi) is 3.53. The fraction of sp³-hybridized carbons (Fsp3) is 0.462. The highest BCUT2D eigenvalue weighted by Crippen LogP contribution is 2.17. The van der Waals surface area contributed by atoms with Crippen molar-refractivity contribution in [3.8, 4) is 0 Å². The highest BCUT2D eigenvalue weighted by Gasteiger charge is 2.01. The van der Waals surface area contributed by atoms with Crippen LogP contribution in [0, 0.1) is 5.92 Å². The number of hydrogen-bond donors (Lipinski definition) is 0. The molecule has 0 spiro atoms. The van der Waals surface area contributed by atoms with Gasteiger partial charge in [-0.25, -0.2) is 0 Å². The van der Waals surface area contributed by atoms with Gasteiger partial charge in [0.25, 0.3) is 0 Å². The third-order valence-electron chi connectivity index (χ3n) is 2.18. The van der Waals surface area contributed by atoms with Crippen LogP contribution in [0.3, 0.4) is 0 Å². The highest BCUT2D eigenvalue weighted by molar-refractivity contribution is 5.27. The van der Waals surface area contributed by atoms with Crippen LogP contribution in [0.1, 0.15) is 44.7 Å². The Labute approximate surface area is 82.0 Å². The van der Waals surface area contributed by atoms with Crippen molar-refractivity contribution < 1.29 is 0 Å². The quantitative estimate of drug-likeness (QED) is 0.652. The van der Waals surface area contributed by atoms with Gasteiger partial charge in [0.1, 0.15) is 0 Å². The summed E-state index contributed by atoms with van der Waals surface area (Å²) in [6.07, 6.45) is 1.11. The van der Waals surface area contributed by atoms with Crippen LogP contribution >= 0.6 is 0 Å². The van der Waals surface area contributed by atoms with E-state index in [4.69, 9.17) is 0 Å². The Morgan fingerprint density at radius 2 is 1.92 bits per heavy atom. The molecule has 0 heteroatoms. The van der Waals surface area contributed by atoms with Gasteiger partial charge in [0.05, 0.1) is 0 Å². The lowest BCUT2D eigenvalue weighted by atomic mass is 9.97. The first-order chi connectivity index (χ1) is 6.09. The molecule has 0 saturated heterocycles. The maximum absolute atomic E-state index is 2.32. The number of hydrogen-bond acceptors (Lipinski definition) is 0. The van der Waals surface area contributed by atoms with Gasteiger partial charge in [-0.1, -0.05) is 52.0 Å². The van der Waals surface area contributed by atoms with Gasteiger partial charge in [0, 0.05) is 0 Å². The van der Waals surface area contributed by atoms with E-state index in [1.165, 1.54) is 17.0 Å². The second-order valence-corrected chi connectivity index (χ2v) is 4.28. The molecule has 0 amide bonds. The summed E-state index contributed by atoms with van der Waals surface area (Å²) in [6.45, 7) is 8.84. The van der Waals surface area contributed by atoms with Crippen LogP contribution in [0.5, 0.6) is 0 Å². The molecule has 0 aliphatic carbocycles. The highest BCUT2D eigenvalue weighted by atomic mass is 14.1. The van der Waals surface area contributed by atoms with E-state index in [1.54, 1.807) is 0 Å². The van der Waals surface area contributed by atoms with Crippen molar-refractivity contribution in [3.63, 3.8) is 0 Å². The Morgan fingerprint density at radius 1 is 1.23 bits per heavy atom. The van der Waals surface area contributed by atoms with Crippen molar-refractivity contribution in [2.45, 2.75) is 40.0 Å². The average molecular weight is 175 g/mol. The Bertz CT molecular complexity index is 258. The molecule has 0 unspecified atom stereocenters. The van der Waals surface area contributed by atoms with E-state index in [0.717, 1.165) is 6.42 Å². The van der Waals surface area contributed by atoms with Gasteiger partial charge < -0.3 is 0 Å². The van der Waals surface area contributed by atoms with Crippen LogP contribution in [0.2, 0.25) is 0 Å². The molecular weight excluding hydrogens is 156 g/mol. The van der Waals surface area contributed by atoms with E-state index in [9.17, 15) is 0 Å². The van der Waals surface area contributed by atoms with Crippen LogP contribution in [0.4, 0.5) is 0 Å². The Hall–Kier alpha value is -0.780. The Balaban J connectivity index is 2.79. The molecule has 0 aliphatic rings. The summed E-state index contributed by atoms with van der Waals surface area (Å²) in [5.74, 6) is 2.11. The van der Waals surface area contributed by atoms with Crippen LogP contribution in [0.25, 0.3) is 0 Å². The molecule has 0 nitrogen and oxygen atoms in total. The maximum Gasteiger partial charge on any atom is -0.0219 e. The van der Waals surface area contributed by atoms with Gasteiger partial charge in [0.2, 0.25) is 0 Å². The number of benzene rings is 1. The average Bonchev–Trinajstić information content (AvgIpc) is 2.03. The Morgan fingerprint density at radius 3 is 2.46 bits per heavy atom. The summed E-state index contributed by atoms with van der Waals surface area (Å²) < 4.78 is 0. The molecule has 1 aromatic rings. The third kappa shape index (κ3) is 3.22. The zero-order valence-corrected chi connectivity index (χ0v) is 9.09. The molecule has 1 radical (unpaired) electrons. The predicted octanol–water partition coefficient (Wildman–Crippen LogP) is 3.97. The molecule has 0 fully saturated rings. The van der Waals surface area contributed by atoms with Gasteiger partial charge >= 0.3 is 0 Å². The lowest BCUT2D eigenvalue weighted by molar-refractivity contribution is 0.858. The van der Waals surface area contributed by atoms with Crippen molar-refractivity contribution in [1.82, 2.24) is 0 Å². The summed E-state index contributed by atoms with van der Waals surface area (Å²) in [5, 5.41) is 0. The van der Waals surface area contributed by atoms with E-state index in [1.807, 2.05) is 0 Å². The number of rotatable bonds is 3. The first-order valence-electron chi connectivity index (χ1n) is 4.97. The summed E-state index contributed by atoms with van der Waals surface area (Å²) in [7, 11) is 0. The molecule has 0 N–H and O–H groups in total. The second kappa shape index (κ2) is 4.45. The van der Waals surface area contributed by atoms with Gasteiger partial charge in [-0.15, -0.1) is 0 Å². The van der Waals surface area contributed by atoms with E-state index < -0.39 is 0 Å². The van der Waals surface area contributed by atoms with Gasteiger partial charge in [-0.05, 0) is 29.4 Å². The topological polar surface area (TPSA) is 0 Å². The monoisotopic (exact) mass is 175 g/mol.